The molecule has 0 aliphatic carbocycles. The highest BCUT2D eigenvalue weighted by Gasteiger charge is 2.15. The number of ether oxygens (including phenoxy) is 2. The van der Waals surface area contributed by atoms with Gasteiger partial charge in [0.05, 0.1) is 13.1 Å². The molecule has 0 spiro atoms. The number of carbonyl (C=O) groups excluding carboxylic acids is 1. The maximum absolute atomic E-state index is 11.2. The minimum Gasteiger partial charge on any atom is -0.454 e. The quantitative estimate of drug-likeness (QED) is 0.797. The second kappa shape index (κ2) is 4.40. The van der Waals surface area contributed by atoms with Crippen LogP contribution in [0.25, 0.3) is 0 Å². The SMILES string of the molecule is CN(CC(=O)CN)c1ccc2c(c1)OCO2. The first-order valence-corrected chi connectivity index (χ1v) is 5.03. The minimum atomic E-state index is 0.000154. The molecule has 1 heterocycles. The Morgan fingerprint density at radius 3 is 2.94 bits per heavy atom. The molecular weight excluding hydrogens is 208 g/mol. The second-order valence-corrected chi connectivity index (χ2v) is 3.64. The standard InChI is InChI=1S/C11H14N2O3/c1-13(6-9(14)5-12)8-2-3-10-11(4-8)16-7-15-10/h2-4H,5-7,12H2,1H3. The van der Waals surface area contributed by atoms with E-state index in [-0.39, 0.29) is 19.1 Å². The van der Waals surface area contributed by atoms with Gasteiger partial charge in [0.25, 0.3) is 0 Å². The van der Waals surface area contributed by atoms with Gasteiger partial charge in [-0.05, 0) is 12.1 Å². The van der Waals surface area contributed by atoms with Crippen molar-refractivity contribution < 1.29 is 14.3 Å². The average Bonchev–Trinajstić information content (AvgIpc) is 2.75. The van der Waals surface area contributed by atoms with Crippen molar-refractivity contribution in [2.45, 2.75) is 0 Å². The van der Waals surface area contributed by atoms with Gasteiger partial charge in [-0.25, -0.2) is 0 Å². The number of anilines is 1. The average molecular weight is 222 g/mol. The van der Waals surface area contributed by atoms with E-state index < -0.39 is 0 Å². The summed E-state index contributed by atoms with van der Waals surface area (Å²) in [7, 11) is 1.84. The molecule has 5 heteroatoms. The molecule has 2 rings (SSSR count). The maximum Gasteiger partial charge on any atom is 0.231 e. The third kappa shape index (κ3) is 2.09. The van der Waals surface area contributed by atoms with Crippen LogP contribution in [0.4, 0.5) is 5.69 Å². The van der Waals surface area contributed by atoms with Crippen LogP contribution in [0.3, 0.4) is 0 Å². The number of likely N-dealkylation sites (N-methyl/N-ethyl adjacent to an activating group) is 1. The zero-order valence-electron chi connectivity index (χ0n) is 9.10. The highest BCUT2D eigenvalue weighted by atomic mass is 16.7. The van der Waals surface area contributed by atoms with Crippen LogP contribution in [0.2, 0.25) is 0 Å². The first kappa shape index (κ1) is 10.8. The molecule has 0 aromatic heterocycles. The molecule has 0 atom stereocenters. The topological polar surface area (TPSA) is 64.8 Å². The van der Waals surface area contributed by atoms with Crippen LogP contribution in [-0.2, 0) is 4.79 Å². The van der Waals surface area contributed by atoms with Crippen LogP contribution in [-0.4, -0.2) is 32.7 Å². The lowest BCUT2D eigenvalue weighted by Crippen LogP contribution is -2.29. The molecule has 16 heavy (non-hydrogen) atoms. The number of nitrogens with zero attached hydrogens (tertiary/aromatic N) is 1. The van der Waals surface area contributed by atoms with Crippen molar-refractivity contribution in [2.75, 3.05) is 31.8 Å². The van der Waals surface area contributed by atoms with Gasteiger partial charge in [-0.3, -0.25) is 4.79 Å². The number of ketones is 1. The lowest BCUT2D eigenvalue weighted by molar-refractivity contribution is -0.116. The summed E-state index contributed by atoms with van der Waals surface area (Å²) in [6.07, 6.45) is 0. The summed E-state index contributed by atoms with van der Waals surface area (Å²) in [5.41, 5.74) is 6.18. The Labute approximate surface area is 93.7 Å². The Morgan fingerprint density at radius 1 is 1.44 bits per heavy atom. The third-order valence-electron chi connectivity index (χ3n) is 2.44. The molecule has 0 saturated heterocycles. The summed E-state index contributed by atoms with van der Waals surface area (Å²) in [5, 5.41) is 0. The molecule has 1 aliphatic heterocycles. The van der Waals surface area contributed by atoms with Crippen molar-refractivity contribution in [3.8, 4) is 11.5 Å². The Kier molecular flexibility index (Phi) is 2.96. The fraction of sp³-hybridized carbons (Fsp3) is 0.364. The largest absolute Gasteiger partial charge is 0.454 e. The number of nitrogens with two attached hydrogens (primary N) is 1. The number of hydrogen-bond donors (Lipinski definition) is 1. The minimum absolute atomic E-state index is 0.000154. The van der Waals surface area contributed by atoms with E-state index >= 15 is 0 Å². The number of hydrogen-bond acceptors (Lipinski definition) is 5. The van der Waals surface area contributed by atoms with E-state index in [0.29, 0.717) is 12.3 Å². The fourth-order valence-electron chi connectivity index (χ4n) is 1.54. The van der Waals surface area contributed by atoms with E-state index in [9.17, 15) is 4.79 Å². The summed E-state index contributed by atoms with van der Waals surface area (Å²) < 4.78 is 10.5. The van der Waals surface area contributed by atoms with Crippen molar-refractivity contribution in [1.29, 1.82) is 0 Å². The second-order valence-electron chi connectivity index (χ2n) is 3.64. The molecule has 0 radical (unpaired) electrons. The van der Waals surface area contributed by atoms with Gasteiger partial charge in [-0.1, -0.05) is 0 Å². The van der Waals surface area contributed by atoms with Crippen LogP contribution < -0.4 is 20.1 Å². The number of rotatable bonds is 4. The molecule has 0 unspecified atom stereocenters. The lowest BCUT2D eigenvalue weighted by Gasteiger charge is -2.18. The molecular formula is C11H14N2O3. The first-order chi connectivity index (χ1) is 7.70. The predicted molar refractivity (Wildman–Crippen MR) is 59.9 cm³/mol. The first-order valence-electron chi connectivity index (χ1n) is 5.03. The number of fused-ring (bicyclic) bond motifs is 1. The van der Waals surface area contributed by atoms with Crippen LogP contribution in [0.15, 0.2) is 18.2 Å². The van der Waals surface area contributed by atoms with Gasteiger partial charge in [-0.15, -0.1) is 0 Å². The molecule has 0 fully saturated rings. The summed E-state index contributed by atoms with van der Waals surface area (Å²) >= 11 is 0. The summed E-state index contributed by atoms with van der Waals surface area (Å²) in [4.78, 5) is 13.0. The fourth-order valence-corrected chi connectivity index (χ4v) is 1.54. The zero-order valence-corrected chi connectivity index (χ0v) is 9.10. The summed E-state index contributed by atoms with van der Waals surface area (Å²) in [6, 6.07) is 5.57. The molecule has 2 N–H and O–H groups in total. The highest BCUT2D eigenvalue weighted by molar-refractivity contribution is 5.85. The summed E-state index contributed by atoms with van der Waals surface area (Å²) in [6.45, 7) is 0.620. The number of Topliss-reactive ketones (excluding diaryl/α,β-unsaturated/α-hetero) is 1. The van der Waals surface area contributed by atoms with Gasteiger partial charge >= 0.3 is 0 Å². The number of benzene rings is 1. The molecule has 1 aromatic carbocycles. The molecule has 0 bridgehead atoms. The number of carbonyl (C=O) groups is 1. The van der Waals surface area contributed by atoms with Crippen LogP contribution in [0, 0.1) is 0 Å². The normalized spacial score (nSPS) is 12.6. The van der Waals surface area contributed by atoms with Crippen molar-refractivity contribution in [1.82, 2.24) is 0 Å². The van der Waals surface area contributed by atoms with Gasteiger partial charge in [0.2, 0.25) is 6.79 Å². The van der Waals surface area contributed by atoms with E-state index in [4.69, 9.17) is 15.2 Å². The van der Waals surface area contributed by atoms with E-state index in [2.05, 4.69) is 0 Å². The molecule has 1 aromatic rings. The predicted octanol–water partition coefficient (Wildman–Crippen LogP) is 0.379. The maximum atomic E-state index is 11.2. The van der Waals surface area contributed by atoms with Crippen LogP contribution >= 0.6 is 0 Å². The zero-order chi connectivity index (χ0) is 11.5. The Bertz CT molecular complexity index is 406. The Hall–Kier alpha value is -1.75. The highest BCUT2D eigenvalue weighted by Crippen LogP contribution is 2.35. The Morgan fingerprint density at radius 2 is 2.19 bits per heavy atom. The van der Waals surface area contributed by atoms with Crippen molar-refractivity contribution in [3.63, 3.8) is 0 Å². The van der Waals surface area contributed by atoms with Crippen LogP contribution in [0.1, 0.15) is 0 Å². The van der Waals surface area contributed by atoms with E-state index in [1.54, 1.807) is 0 Å². The van der Waals surface area contributed by atoms with Crippen molar-refractivity contribution in [3.05, 3.63) is 18.2 Å². The van der Waals surface area contributed by atoms with Gasteiger partial charge in [-0.2, -0.15) is 0 Å². The van der Waals surface area contributed by atoms with Gasteiger partial charge in [0.1, 0.15) is 0 Å². The summed E-state index contributed by atoms with van der Waals surface area (Å²) in [5.74, 6) is 1.45. The molecule has 1 aliphatic rings. The van der Waals surface area contributed by atoms with E-state index in [1.807, 2.05) is 30.1 Å². The van der Waals surface area contributed by atoms with Crippen molar-refractivity contribution >= 4 is 11.5 Å². The monoisotopic (exact) mass is 222 g/mol. The molecule has 0 saturated carbocycles. The van der Waals surface area contributed by atoms with E-state index in [1.165, 1.54) is 0 Å². The van der Waals surface area contributed by atoms with Crippen LogP contribution in [0.5, 0.6) is 11.5 Å². The Balaban J connectivity index is 2.12. The molecule has 86 valence electrons. The molecule has 5 nitrogen and oxygen atoms in total. The van der Waals surface area contributed by atoms with Crippen molar-refractivity contribution in [2.24, 2.45) is 5.73 Å². The third-order valence-corrected chi connectivity index (χ3v) is 2.44. The van der Waals surface area contributed by atoms with Gasteiger partial charge < -0.3 is 20.1 Å². The smallest absolute Gasteiger partial charge is 0.231 e. The van der Waals surface area contributed by atoms with E-state index in [0.717, 1.165) is 11.4 Å². The lowest BCUT2D eigenvalue weighted by atomic mass is 10.2. The van der Waals surface area contributed by atoms with Gasteiger partial charge in [0.15, 0.2) is 17.3 Å². The molecule has 0 amide bonds. The van der Waals surface area contributed by atoms with Gasteiger partial charge in [0, 0.05) is 18.8 Å².